The van der Waals surface area contributed by atoms with Crippen LogP contribution in [0.25, 0.3) is 5.57 Å². The monoisotopic (exact) mass is 552 g/mol. The van der Waals surface area contributed by atoms with Crippen LogP contribution in [-0.2, 0) is 28.7 Å². The number of nitrogens with one attached hydrogen (secondary N) is 2. The Bertz CT molecular complexity index is 1180. The summed E-state index contributed by atoms with van der Waals surface area (Å²) >= 11 is 2.38. The van der Waals surface area contributed by atoms with Gasteiger partial charge in [0.2, 0.25) is 0 Å². The highest BCUT2D eigenvalue weighted by atomic mass is 32.2. The fraction of sp³-hybridized carbons (Fsp3) is 0.478. The topological polar surface area (TPSA) is 164 Å². The molecule has 3 rings (SSSR count). The molecule has 1 aromatic rings. The summed E-state index contributed by atoms with van der Waals surface area (Å²) in [7, 11) is 0. The highest BCUT2D eigenvalue weighted by molar-refractivity contribution is 8.00. The summed E-state index contributed by atoms with van der Waals surface area (Å²) in [5.74, 6) is -2.79. The minimum Gasteiger partial charge on any atom is -0.477 e. The zero-order chi connectivity index (χ0) is 27.5. The zero-order valence-electron chi connectivity index (χ0n) is 20.9. The molecule has 2 aliphatic heterocycles. The number of amides is 3. The first kappa shape index (κ1) is 28.2. The van der Waals surface area contributed by atoms with Crippen LogP contribution in [0.2, 0.25) is 0 Å². The molecular weight excluding hydrogens is 524 g/mol. The number of hydrogen-bond acceptors (Lipinski definition) is 10. The molecule has 3 heterocycles. The number of carbonyl (C=O) groups is 5. The Balaban J connectivity index is 1.72. The Kier molecular flexibility index (Phi) is 8.64. The minimum absolute atomic E-state index is 0.215. The lowest BCUT2D eigenvalue weighted by Gasteiger charge is -2.49. The molecule has 2 aliphatic rings. The Labute approximate surface area is 221 Å². The lowest BCUT2D eigenvalue weighted by molar-refractivity contribution is -0.150. The minimum atomic E-state index is -1.32. The van der Waals surface area contributed by atoms with Gasteiger partial charge in [-0.1, -0.05) is 13.0 Å². The smallest absolute Gasteiger partial charge is 0.413 e. The van der Waals surface area contributed by atoms with E-state index in [1.54, 1.807) is 32.2 Å². The van der Waals surface area contributed by atoms with E-state index in [-0.39, 0.29) is 28.8 Å². The van der Waals surface area contributed by atoms with E-state index in [0.29, 0.717) is 17.7 Å². The van der Waals surface area contributed by atoms with Crippen molar-refractivity contribution in [3.8, 4) is 0 Å². The number of hydrogen-bond donors (Lipinski definition) is 3. The molecule has 12 nitrogen and oxygen atoms in total. The number of allylic oxidation sites excluding steroid dienone is 1. The Morgan fingerprint density at radius 1 is 1.30 bits per heavy atom. The number of ether oxygens (including phenoxy) is 2. The molecule has 0 bridgehead atoms. The maximum Gasteiger partial charge on any atom is 0.413 e. The molecule has 0 aliphatic carbocycles. The molecule has 200 valence electrons. The fourth-order valence-corrected chi connectivity index (χ4v) is 5.59. The van der Waals surface area contributed by atoms with Crippen molar-refractivity contribution in [3.05, 3.63) is 28.4 Å². The van der Waals surface area contributed by atoms with Crippen molar-refractivity contribution in [1.29, 1.82) is 0 Å². The molecule has 2 atom stereocenters. The number of carbonyl (C=O) groups excluding carboxylic acids is 4. The lowest BCUT2D eigenvalue weighted by Crippen LogP contribution is -2.70. The molecule has 0 saturated carbocycles. The van der Waals surface area contributed by atoms with Crippen molar-refractivity contribution in [3.63, 3.8) is 0 Å². The van der Waals surface area contributed by atoms with Crippen molar-refractivity contribution in [1.82, 2.24) is 15.2 Å². The van der Waals surface area contributed by atoms with E-state index in [1.165, 1.54) is 18.7 Å². The lowest BCUT2D eigenvalue weighted by atomic mass is 10.0. The number of carboxylic acids is 1. The molecule has 1 aromatic heterocycles. The summed E-state index contributed by atoms with van der Waals surface area (Å²) < 4.78 is 10.1. The predicted octanol–water partition coefficient (Wildman–Crippen LogP) is 2.59. The van der Waals surface area contributed by atoms with E-state index in [1.807, 2.05) is 6.92 Å². The molecule has 3 amide bonds. The third-order valence-electron chi connectivity index (χ3n) is 5.03. The van der Waals surface area contributed by atoms with Crippen LogP contribution >= 0.6 is 23.1 Å². The number of aliphatic carboxylic acids is 1. The van der Waals surface area contributed by atoms with Gasteiger partial charge in [-0.25, -0.2) is 14.6 Å². The van der Waals surface area contributed by atoms with Crippen LogP contribution in [0.1, 0.15) is 46.7 Å². The number of carboxylic acid groups (broad SMARTS) is 1. The van der Waals surface area contributed by atoms with Crippen LogP contribution in [0, 0.1) is 0 Å². The van der Waals surface area contributed by atoms with Gasteiger partial charge < -0.3 is 19.9 Å². The number of thioether (sulfide) groups is 1. The second-order valence-corrected chi connectivity index (χ2v) is 11.1. The van der Waals surface area contributed by atoms with Gasteiger partial charge in [0, 0.05) is 23.6 Å². The summed E-state index contributed by atoms with van der Waals surface area (Å²) in [4.78, 5) is 66.5. The number of anilines is 1. The molecule has 0 aromatic carbocycles. The number of β-lactam (4-membered cyclic amide) rings is 1. The number of aromatic nitrogens is 1. The Morgan fingerprint density at radius 2 is 2.00 bits per heavy atom. The number of fused-ring (bicyclic) bond motifs is 1. The van der Waals surface area contributed by atoms with Crippen LogP contribution in [0.4, 0.5) is 9.93 Å². The molecule has 1 fully saturated rings. The van der Waals surface area contributed by atoms with Crippen LogP contribution < -0.4 is 10.6 Å². The molecular formula is C23H28N4O8S2. The van der Waals surface area contributed by atoms with E-state index < -0.39 is 46.9 Å². The van der Waals surface area contributed by atoms with Gasteiger partial charge in [0.05, 0.1) is 11.3 Å². The average Bonchev–Trinajstić information content (AvgIpc) is 3.24. The standard InChI is InChI=1S/C23H28N4O8S2/c1-6-7-13(14-10-37-21(24-14)26-22(33)35-23(3,4)5)17(29)25-15-18(30)27-16(20(31)32)12(8-34-11(2)28)9-36-19(15)27/h7,10,15,19H,6,8-9H2,1-5H3,(H,25,29)(H,31,32)(H,24,26,33)/b13-7-. The van der Waals surface area contributed by atoms with Crippen LogP contribution in [0.5, 0.6) is 0 Å². The second-order valence-electron chi connectivity index (χ2n) is 9.09. The van der Waals surface area contributed by atoms with Gasteiger partial charge in [-0.2, -0.15) is 0 Å². The second kappa shape index (κ2) is 11.3. The molecule has 0 radical (unpaired) electrons. The van der Waals surface area contributed by atoms with E-state index in [2.05, 4.69) is 15.6 Å². The molecule has 14 heteroatoms. The average molecular weight is 553 g/mol. The van der Waals surface area contributed by atoms with Gasteiger partial charge in [0.15, 0.2) is 5.13 Å². The van der Waals surface area contributed by atoms with E-state index >= 15 is 0 Å². The van der Waals surface area contributed by atoms with Gasteiger partial charge >= 0.3 is 18.0 Å². The number of nitrogens with zero attached hydrogens (tertiary/aromatic N) is 2. The normalized spacial score (nSPS) is 19.5. The van der Waals surface area contributed by atoms with E-state index in [4.69, 9.17) is 9.47 Å². The van der Waals surface area contributed by atoms with Crippen molar-refractivity contribution in [2.75, 3.05) is 17.7 Å². The van der Waals surface area contributed by atoms with Gasteiger partial charge in [0.25, 0.3) is 11.8 Å². The molecule has 1 saturated heterocycles. The van der Waals surface area contributed by atoms with Crippen molar-refractivity contribution in [2.45, 2.75) is 58.1 Å². The van der Waals surface area contributed by atoms with Gasteiger partial charge in [-0.05, 0) is 27.2 Å². The first-order valence-corrected chi connectivity index (χ1v) is 13.3. The Hall–Kier alpha value is -3.39. The first-order valence-electron chi connectivity index (χ1n) is 11.3. The van der Waals surface area contributed by atoms with Gasteiger partial charge in [-0.15, -0.1) is 23.1 Å². The SMILES string of the molecule is CC/C=C(\C(=O)NC1C(=O)N2C(C(=O)O)=C(COC(C)=O)CSC12)c1csc(NC(=O)OC(C)(C)C)n1. The Morgan fingerprint density at radius 3 is 2.59 bits per heavy atom. The third kappa shape index (κ3) is 6.68. The van der Waals surface area contributed by atoms with Crippen LogP contribution in [-0.4, -0.2) is 74.2 Å². The summed E-state index contributed by atoms with van der Waals surface area (Å²) in [5, 5.41) is 16.1. The molecule has 2 unspecified atom stereocenters. The molecule has 37 heavy (non-hydrogen) atoms. The van der Waals surface area contributed by atoms with Gasteiger partial charge in [-0.3, -0.25) is 24.6 Å². The zero-order valence-corrected chi connectivity index (χ0v) is 22.6. The van der Waals surface area contributed by atoms with Crippen molar-refractivity contribution >= 4 is 63.6 Å². The van der Waals surface area contributed by atoms with Crippen LogP contribution in [0.15, 0.2) is 22.7 Å². The molecule has 3 N–H and O–H groups in total. The number of esters is 1. The molecule has 0 spiro atoms. The summed E-state index contributed by atoms with van der Waals surface area (Å²) in [5.41, 5.74) is -0.0878. The quantitative estimate of drug-likeness (QED) is 0.248. The summed E-state index contributed by atoms with van der Waals surface area (Å²) in [6, 6.07) is -0.944. The highest BCUT2D eigenvalue weighted by Gasteiger charge is 2.54. The van der Waals surface area contributed by atoms with Gasteiger partial charge in [0.1, 0.15) is 29.3 Å². The van der Waals surface area contributed by atoms with Crippen molar-refractivity contribution in [2.24, 2.45) is 0 Å². The number of rotatable bonds is 8. The van der Waals surface area contributed by atoms with E-state index in [9.17, 15) is 29.1 Å². The highest BCUT2D eigenvalue weighted by Crippen LogP contribution is 2.40. The summed E-state index contributed by atoms with van der Waals surface area (Å²) in [6.07, 6.45) is 1.48. The van der Waals surface area contributed by atoms with E-state index in [0.717, 1.165) is 16.2 Å². The third-order valence-corrected chi connectivity index (χ3v) is 7.12. The first-order chi connectivity index (χ1) is 17.3. The fourth-order valence-electron chi connectivity index (χ4n) is 3.57. The number of thiazole rings is 1. The van der Waals surface area contributed by atoms with Crippen LogP contribution in [0.3, 0.4) is 0 Å². The summed E-state index contributed by atoms with van der Waals surface area (Å²) in [6.45, 7) is 8.01. The predicted molar refractivity (Wildman–Crippen MR) is 137 cm³/mol. The maximum absolute atomic E-state index is 13.1. The maximum atomic E-state index is 13.1. The largest absolute Gasteiger partial charge is 0.477 e. The van der Waals surface area contributed by atoms with Crippen molar-refractivity contribution < 1.29 is 38.6 Å².